The zero-order valence-corrected chi connectivity index (χ0v) is 23.6. The number of rotatable bonds is 6. The van der Waals surface area contributed by atoms with E-state index in [1.54, 1.807) is 24.3 Å². The minimum absolute atomic E-state index is 0.00974. The summed E-state index contributed by atoms with van der Waals surface area (Å²) < 4.78 is 164. The molecule has 0 amide bonds. The summed E-state index contributed by atoms with van der Waals surface area (Å²) in [4.78, 5) is 5.82. The molecule has 1 aromatic heterocycles. The van der Waals surface area contributed by atoms with E-state index < -0.39 is 142 Å². The first kappa shape index (κ1) is 13.8. The Morgan fingerprint density at radius 1 is 0.500 bits per heavy atom. The van der Waals surface area contributed by atoms with Gasteiger partial charge < -0.3 is 9.32 Å². The van der Waals surface area contributed by atoms with Gasteiger partial charge in [-0.15, -0.1) is 0 Å². The molecule has 216 valence electrons. The van der Waals surface area contributed by atoms with Gasteiger partial charge in [-0.2, -0.15) is 0 Å². The van der Waals surface area contributed by atoms with Crippen LogP contribution < -0.4 is 4.90 Å². The number of nitrogens with zero attached hydrogens (tertiary/aromatic N) is 2. The van der Waals surface area contributed by atoms with Gasteiger partial charge in [0.15, 0.2) is 5.76 Å². The monoisotopic (exact) mass is 606 g/mol. The number of anilines is 3. The number of benzene rings is 7. The zero-order chi connectivity index (χ0) is 46.1. The van der Waals surface area contributed by atoms with E-state index in [0.29, 0.717) is 44.8 Å². The lowest BCUT2D eigenvalue weighted by molar-refractivity contribution is 0.590. The molecule has 3 nitrogen and oxygen atoms in total. The molecule has 0 radical (unpaired) electrons. The van der Waals surface area contributed by atoms with Gasteiger partial charge in [0.2, 0.25) is 5.89 Å². The number of hydrogen-bond donors (Lipinski definition) is 0. The minimum atomic E-state index is -0.857. The molecule has 0 fully saturated rings. The maximum absolute atomic E-state index is 9.44. The SMILES string of the molecule is [2H]c1c([2H])c([2H])c(-c2c([2H])c([2H])c(N(c3cc4c5c(cccc5c3)-c3oc(-c5ccccc5)nc3-4)c3c([2H])c([2H])c(-c4c([2H])c([2H])c([2H])c([2H])c4[2H])c([2H])c3[2H])c([2H])c2[2H])c([2H])c1[2H]. The summed E-state index contributed by atoms with van der Waals surface area (Å²) in [7, 11) is 0. The molecular formula is C43H28N2O. The Morgan fingerprint density at radius 3 is 1.70 bits per heavy atom. The van der Waals surface area contributed by atoms with Crippen molar-refractivity contribution in [2.24, 2.45) is 0 Å². The van der Waals surface area contributed by atoms with Crippen LogP contribution in [0.4, 0.5) is 17.1 Å². The van der Waals surface area contributed by atoms with Crippen LogP contribution in [-0.4, -0.2) is 4.98 Å². The van der Waals surface area contributed by atoms with Crippen LogP contribution in [0.2, 0.25) is 0 Å². The van der Waals surface area contributed by atoms with Crippen LogP contribution >= 0.6 is 0 Å². The van der Waals surface area contributed by atoms with Crippen molar-refractivity contribution in [2.45, 2.75) is 0 Å². The normalized spacial score (nSPS) is 17.0. The van der Waals surface area contributed by atoms with Gasteiger partial charge in [-0.25, -0.2) is 4.98 Å². The average molecular weight is 607 g/mol. The molecule has 0 spiro atoms. The Kier molecular flexibility index (Phi) is 3.24. The molecule has 46 heavy (non-hydrogen) atoms. The predicted molar refractivity (Wildman–Crippen MR) is 189 cm³/mol. The number of aromatic nitrogens is 1. The maximum Gasteiger partial charge on any atom is 0.227 e. The lowest BCUT2D eigenvalue weighted by atomic mass is 10.0. The fraction of sp³-hybridized carbons (Fsp3) is 0. The second kappa shape index (κ2) is 10.8. The number of hydrogen-bond acceptors (Lipinski definition) is 3. The molecule has 0 atom stereocenters. The maximum atomic E-state index is 9.44. The van der Waals surface area contributed by atoms with Crippen molar-refractivity contribution < 1.29 is 29.1 Å². The molecule has 8 aromatic rings. The van der Waals surface area contributed by atoms with Crippen LogP contribution in [-0.2, 0) is 0 Å². The molecule has 0 N–H and O–H groups in total. The Hall–Kier alpha value is -6.19. The van der Waals surface area contributed by atoms with E-state index in [0.717, 1.165) is 4.90 Å². The van der Waals surface area contributed by atoms with E-state index in [2.05, 4.69) is 0 Å². The van der Waals surface area contributed by atoms with Crippen LogP contribution in [0, 0.1) is 0 Å². The van der Waals surface area contributed by atoms with Crippen molar-refractivity contribution in [1.29, 1.82) is 0 Å². The van der Waals surface area contributed by atoms with Crippen LogP contribution in [0.1, 0.15) is 24.7 Å². The van der Waals surface area contributed by atoms with Gasteiger partial charge in [-0.1, -0.05) is 121 Å². The summed E-state index contributed by atoms with van der Waals surface area (Å²) in [6.07, 6.45) is 0. The summed E-state index contributed by atoms with van der Waals surface area (Å²) in [5.41, 5.74) is -1.51. The molecule has 0 bridgehead atoms. The molecular weight excluding hydrogens is 560 g/mol. The number of fused-ring (bicyclic) bond motifs is 3. The van der Waals surface area contributed by atoms with Crippen molar-refractivity contribution in [3.63, 3.8) is 0 Å². The first-order valence-electron chi connectivity index (χ1n) is 23.1. The second-order valence-corrected chi connectivity index (χ2v) is 10.2. The van der Waals surface area contributed by atoms with E-state index in [1.165, 1.54) is 0 Å². The summed E-state index contributed by atoms with van der Waals surface area (Å²) in [5, 5.41) is 1.21. The smallest absolute Gasteiger partial charge is 0.227 e. The molecule has 1 heterocycles. The van der Waals surface area contributed by atoms with Crippen LogP contribution in [0.3, 0.4) is 0 Å². The van der Waals surface area contributed by atoms with Crippen LogP contribution in [0.25, 0.3) is 67.1 Å². The standard InChI is InChI=1S/C43H28N2O/c1-4-11-29(12-5-1)31-19-23-35(24-20-31)45(36-25-21-32(22-26-36)30-13-6-2-7-14-30)37-27-34-17-10-18-38-40(34)39(28-37)41-42(38)46-43(44-41)33-15-8-3-9-16-33/h1-28H/i1D,2D,4D,5D,6D,7D,11D,12D,13D,14D,19D,20D,21D,22D,23D,24D,25D,26D. The average Bonchev–Trinajstić information content (AvgIpc) is 3.86. The largest absolute Gasteiger partial charge is 0.435 e. The molecule has 0 aliphatic heterocycles. The number of oxazole rings is 1. The van der Waals surface area contributed by atoms with Crippen LogP contribution in [0.5, 0.6) is 0 Å². The fourth-order valence-electron chi connectivity index (χ4n) is 5.51. The van der Waals surface area contributed by atoms with Gasteiger partial charge >= 0.3 is 0 Å². The summed E-state index contributed by atoms with van der Waals surface area (Å²) in [5.74, 6) is 0.712. The lowest BCUT2D eigenvalue weighted by Gasteiger charge is -2.27. The van der Waals surface area contributed by atoms with Crippen molar-refractivity contribution in [3.8, 4) is 56.3 Å². The van der Waals surface area contributed by atoms with E-state index in [-0.39, 0.29) is 5.69 Å². The highest BCUT2D eigenvalue weighted by Gasteiger charge is 2.29. The van der Waals surface area contributed by atoms with Crippen molar-refractivity contribution in [2.75, 3.05) is 4.90 Å². The molecule has 0 saturated heterocycles. The molecule has 1 aliphatic rings. The molecule has 1 aliphatic carbocycles. The summed E-state index contributed by atoms with van der Waals surface area (Å²) >= 11 is 0. The molecule has 0 unspecified atom stereocenters. The third-order valence-corrected chi connectivity index (χ3v) is 7.54. The zero-order valence-electron chi connectivity index (χ0n) is 41.6. The minimum Gasteiger partial charge on any atom is -0.435 e. The second-order valence-electron chi connectivity index (χ2n) is 10.2. The summed E-state index contributed by atoms with van der Waals surface area (Å²) in [6, 6.07) is 2.93. The third kappa shape index (κ3) is 4.41. The molecule has 0 saturated carbocycles. The van der Waals surface area contributed by atoms with Crippen molar-refractivity contribution in [3.05, 3.63) is 169 Å². The predicted octanol–water partition coefficient (Wildman–Crippen LogP) is 11.9. The van der Waals surface area contributed by atoms with E-state index >= 15 is 0 Å². The van der Waals surface area contributed by atoms with E-state index in [1.807, 2.05) is 36.4 Å². The molecule has 9 rings (SSSR count). The van der Waals surface area contributed by atoms with E-state index in [4.69, 9.17) is 23.1 Å². The summed E-state index contributed by atoms with van der Waals surface area (Å²) in [6.45, 7) is 0. The van der Waals surface area contributed by atoms with Gasteiger partial charge in [-0.05, 0) is 76.1 Å². The van der Waals surface area contributed by atoms with Gasteiger partial charge in [-0.3, -0.25) is 0 Å². The van der Waals surface area contributed by atoms with E-state index in [9.17, 15) is 11.0 Å². The van der Waals surface area contributed by atoms with Gasteiger partial charge in [0.1, 0.15) is 5.69 Å². The first-order valence-corrected chi connectivity index (χ1v) is 14.1. The Balaban J connectivity index is 1.38. The lowest BCUT2D eigenvalue weighted by Crippen LogP contribution is -2.10. The third-order valence-electron chi connectivity index (χ3n) is 7.54. The van der Waals surface area contributed by atoms with Crippen molar-refractivity contribution >= 4 is 27.8 Å². The highest BCUT2D eigenvalue weighted by atomic mass is 16.4. The highest BCUT2D eigenvalue weighted by Crippen LogP contribution is 2.51. The van der Waals surface area contributed by atoms with Gasteiger partial charge in [0.25, 0.3) is 0 Å². The molecule has 7 aromatic carbocycles. The van der Waals surface area contributed by atoms with Crippen molar-refractivity contribution in [1.82, 2.24) is 4.98 Å². The Morgan fingerprint density at radius 2 is 1.09 bits per heavy atom. The van der Waals surface area contributed by atoms with Crippen LogP contribution in [0.15, 0.2) is 174 Å². The quantitative estimate of drug-likeness (QED) is 0.189. The Bertz CT molecular complexity index is 3130. The highest BCUT2D eigenvalue weighted by molar-refractivity contribution is 6.15. The fourth-order valence-corrected chi connectivity index (χ4v) is 5.51. The topological polar surface area (TPSA) is 29.3 Å². The van der Waals surface area contributed by atoms with Gasteiger partial charge in [0.05, 0.1) is 24.7 Å². The van der Waals surface area contributed by atoms with Gasteiger partial charge in [0, 0.05) is 39.1 Å². The first-order chi connectivity index (χ1) is 30.3. The Labute approximate surface area is 293 Å². The molecule has 3 heteroatoms.